The Bertz CT molecular complexity index is 558. The van der Waals surface area contributed by atoms with Gasteiger partial charge < -0.3 is 0 Å². The number of piperidine rings is 1. The van der Waals surface area contributed by atoms with E-state index in [4.69, 9.17) is 0 Å². The third-order valence-corrected chi connectivity index (χ3v) is 4.87. The number of amides is 2. The van der Waals surface area contributed by atoms with Gasteiger partial charge in [0.15, 0.2) is 0 Å². The number of rotatable bonds is 2. The van der Waals surface area contributed by atoms with Crippen molar-refractivity contribution in [2.45, 2.75) is 32.2 Å². The van der Waals surface area contributed by atoms with E-state index < -0.39 is 0 Å². The lowest BCUT2D eigenvalue weighted by molar-refractivity contribution is -0.123. The molecule has 2 amide bonds. The maximum Gasteiger partial charge on any atom is 0.251 e. The lowest BCUT2D eigenvalue weighted by Crippen LogP contribution is -2.46. The number of hydrogen-bond acceptors (Lipinski definition) is 3. The van der Waals surface area contributed by atoms with E-state index in [2.05, 4.69) is 27.8 Å². The second-order valence-corrected chi connectivity index (χ2v) is 6.92. The SMILES string of the molecule is CC1CCCN(C2CC(=O)N(c3ccc(Br)cc3)C2=O)C1. The van der Waals surface area contributed by atoms with Crippen LogP contribution in [0.5, 0.6) is 0 Å². The van der Waals surface area contributed by atoms with E-state index in [1.165, 1.54) is 11.3 Å². The molecule has 2 atom stereocenters. The summed E-state index contributed by atoms with van der Waals surface area (Å²) in [6.45, 7) is 4.04. The van der Waals surface area contributed by atoms with Gasteiger partial charge in [0.05, 0.1) is 18.2 Å². The Labute approximate surface area is 133 Å². The number of carbonyl (C=O) groups is 2. The van der Waals surface area contributed by atoms with Crippen LogP contribution in [-0.2, 0) is 9.59 Å². The van der Waals surface area contributed by atoms with Gasteiger partial charge in [0.25, 0.3) is 5.91 Å². The van der Waals surface area contributed by atoms with E-state index in [1.807, 2.05) is 12.1 Å². The van der Waals surface area contributed by atoms with Crippen LogP contribution in [0.1, 0.15) is 26.2 Å². The molecule has 2 aliphatic rings. The zero-order chi connectivity index (χ0) is 15.0. The third kappa shape index (κ3) is 2.90. The highest BCUT2D eigenvalue weighted by atomic mass is 79.9. The Hall–Kier alpha value is -1.20. The summed E-state index contributed by atoms with van der Waals surface area (Å²) in [5.74, 6) is 0.436. The Morgan fingerprint density at radius 1 is 1.19 bits per heavy atom. The number of anilines is 1. The summed E-state index contributed by atoms with van der Waals surface area (Å²) >= 11 is 3.37. The predicted molar refractivity (Wildman–Crippen MR) is 85.0 cm³/mol. The summed E-state index contributed by atoms with van der Waals surface area (Å²) in [7, 11) is 0. The molecule has 1 aromatic carbocycles. The maximum absolute atomic E-state index is 12.7. The van der Waals surface area contributed by atoms with Crippen LogP contribution in [0.4, 0.5) is 5.69 Å². The number of nitrogens with zero attached hydrogens (tertiary/aromatic N) is 2. The first-order valence-electron chi connectivity index (χ1n) is 7.42. The van der Waals surface area contributed by atoms with Crippen LogP contribution in [0.25, 0.3) is 0 Å². The van der Waals surface area contributed by atoms with E-state index in [0.717, 1.165) is 24.0 Å². The lowest BCUT2D eigenvalue weighted by atomic mass is 9.98. The molecule has 1 aromatic rings. The lowest BCUT2D eigenvalue weighted by Gasteiger charge is -2.34. The fourth-order valence-electron chi connectivity index (χ4n) is 3.27. The first kappa shape index (κ1) is 14.7. The van der Waals surface area contributed by atoms with E-state index in [9.17, 15) is 9.59 Å². The van der Waals surface area contributed by atoms with Gasteiger partial charge in [-0.05, 0) is 49.6 Å². The van der Waals surface area contributed by atoms with Gasteiger partial charge in [-0.1, -0.05) is 22.9 Å². The van der Waals surface area contributed by atoms with E-state index in [1.54, 1.807) is 12.1 Å². The highest BCUT2D eigenvalue weighted by Gasteiger charge is 2.43. The molecule has 0 saturated carbocycles. The van der Waals surface area contributed by atoms with Crippen molar-refractivity contribution in [1.82, 2.24) is 4.90 Å². The number of hydrogen-bond donors (Lipinski definition) is 0. The fraction of sp³-hybridized carbons (Fsp3) is 0.500. The van der Waals surface area contributed by atoms with E-state index in [0.29, 0.717) is 18.0 Å². The van der Waals surface area contributed by atoms with Crippen molar-refractivity contribution in [1.29, 1.82) is 0 Å². The molecule has 0 N–H and O–H groups in total. The van der Waals surface area contributed by atoms with Gasteiger partial charge in [-0.3, -0.25) is 14.5 Å². The van der Waals surface area contributed by atoms with Crippen LogP contribution >= 0.6 is 15.9 Å². The minimum Gasteiger partial charge on any atom is -0.291 e. The minimum absolute atomic E-state index is 0.0728. The van der Waals surface area contributed by atoms with Crippen LogP contribution < -0.4 is 4.90 Å². The molecule has 3 rings (SSSR count). The monoisotopic (exact) mass is 350 g/mol. The molecule has 0 radical (unpaired) electrons. The van der Waals surface area contributed by atoms with Gasteiger partial charge in [-0.25, -0.2) is 4.90 Å². The molecule has 112 valence electrons. The number of carbonyl (C=O) groups excluding carboxylic acids is 2. The molecular weight excluding hydrogens is 332 g/mol. The zero-order valence-electron chi connectivity index (χ0n) is 12.1. The molecule has 2 heterocycles. The summed E-state index contributed by atoms with van der Waals surface area (Å²) in [4.78, 5) is 28.5. The van der Waals surface area contributed by atoms with Gasteiger partial charge in [0.2, 0.25) is 5.91 Å². The molecule has 0 bridgehead atoms. The second-order valence-electron chi connectivity index (χ2n) is 6.01. The number of imide groups is 1. The maximum atomic E-state index is 12.7. The van der Waals surface area contributed by atoms with Gasteiger partial charge >= 0.3 is 0 Å². The average molecular weight is 351 g/mol. The van der Waals surface area contributed by atoms with Gasteiger partial charge in [-0.15, -0.1) is 0 Å². The van der Waals surface area contributed by atoms with Crippen molar-refractivity contribution in [3.05, 3.63) is 28.7 Å². The van der Waals surface area contributed by atoms with Crippen molar-refractivity contribution in [2.24, 2.45) is 5.92 Å². The van der Waals surface area contributed by atoms with Crippen molar-refractivity contribution in [3.63, 3.8) is 0 Å². The van der Waals surface area contributed by atoms with Crippen LogP contribution in [-0.4, -0.2) is 35.8 Å². The van der Waals surface area contributed by atoms with Crippen LogP contribution in [0.15, 0.2) is 28.7 Å². The second kappa shape index (κ2) is 5.89. The summed E-state index contributed by atoms with van der Waals surface area (Å²) in [5, 5.41) is 0. The molecule has 0 aromatic heterocycles. The smallest absolute Gasteiger partial charge is 0.251 e. The normalized spacial score (nSPS) is 27.4. The standard InChI is InChI=1S/C16H19BrN2O2/c1-11-3-2-8-18(10-11)14-9-15(20)19(16(14)21)13-6-4-12(17)5-7-13/h4-7,11,14H,2-3,8-10H2,1H3. The largest absolute Gasteiger partial charge is 0.291 e. The topological polar surface area (TPSA) is 40.6 Å². The van der Waals surface area contributed by atoms with Crippen molar-refractivity contribution < 1.29 is 9.59 Å². The van der Waals surface area contributed by atoms with Gasteiger partial charge in [0, 0.05) is 11.0 Å². The molecule has 2 saturated heterocycles. The Morgan fingerprint density at radius 2 is 1.90 bits per heavy atom. The quantitative estimate of drug-likeness (QED) is 0.770. The fourth-order valence-corrected chi connectivity index (χ4v) is 3.54. The van der Waals surface area contributed by atoms with Crippen molar-refractivity contribution in [2.75, 3.05) is 18.0 Å². The summed E-state index contributed by atoms with van der Waals surface area (Å²) in [6.07, 6.45) is 2.63. The molecule has 0 spiro atoms. The Morgan fingerprint density at radius 3 is 2.57 bits per heavy atom. The highest BCUT2D eigenvalue weighted by molar-refractivity contribution is 9.10. The average Bonchev–Trinajstić information content (AvgIpc) is 2.75. The molecule has 2 unspecified atom stereocenters. The third-order valence-electron chi connectivity index (χ3n) is 4.34. The summed E-state index contributed by atoms with van der Waals surface area (Å²) in [6, 6.07) is 7.05. The van der Waals surface area contributed by atoms with Crippen LogP contribution in [0.2, 0.25) is 0 Å². The molecule has 0 aliphatic carbocycles. The molecular formula is C16H19BrN2O2. The van der Waals surface area contributed by atoms with E-state index in [-0.39, 0.29) is 17.9 Å². The predicted octanol–water partition coefficient (Wildman–Crippen LogP) is 2.81. The Balaban J connectivity index is 1.80. The van der Waals surface area contributed by atoms with Gasteiger partial charge in [-0.2, -0.15) is 0 Å². The number of benzene rings is 1. The van der Waals surface area contributed by atoms with Crippen molar-refractivity contribution >= 4 is 33.4 Å². The number of halogens is 1. The van der Waals surface area contributed by atoms with E-state index >= 15 is 0 Å². The first-order chi connectivity index (χ1) is 10.1. The Kier molecular flexibility index (Phi) is 4.13. The van der Waals surface area contributed by atoms with Gasteiger partial charge in [0.1, 0.15) is 0 Å². The first-order valence-corrected chi connectivity index (χ1v) is 8.22. The summed E-state index contributed by atoms with van der Waals surface area (Å²) in [5.41, 5.74) is 0.667. The van der Waals surface area contributed by atoms with Crippen LogP contribution in [0, 0.1) is 5.92 Å². The van der Waals surface area contributed by atoms with Crippen LogP contribution in [0.3, 0.4) is 0 Å². The molecule has 2 fully saturated rings. The number of likely N-dealkylation sites (tertiary alicyclic amines) is 1. The minimum atomic E-state index is -0.274. The molecule has 2 aliphatic heterocycles. The molecule has 4 nitrogen and oxygen atoms in total. The zero-order valence-corrected chi connectivity index (χ0v) is 13.7. The molecule has 21 heavy (non-hydrogen) atoms. The van der Waals surface area contributed by atoms with Crippen molar-refractivity contribution in [3.8, 4) is 0 Å². The molecule has 5 heteroatoms. The highest BCUT2D eigenvalue weighted by Crippen LogP contribution is 2.29. The summed E-state index contributed by atoms with van der Waals surface area (Å²) < 4.78 is 0.937.